The standard InChI is InChI=1S/C38H35Cl2F6N7O4S2/c1-38(2,59(56,57)23-7-8-23)13-12-22-6-9-24(25-10-11-26(39)29-33(25)52(3)50-37(29)51-58(4,5)55)31(47-22)27(16-19-14-20(41)17-21(42)15-19)48-28(54)18-53-34(36(45)46)30(40)32(49-53)35(43)44/h6,9-11,14-15,17,23,27,35-36H,4,7-8,16,18H2,1-3,5H3,(H,48,54)(H,50,51,55)/t27-,58?/m0/s1. The van der Waals surface area contributed by atoms with Gasteiger partial charge in [0.25, 0.3) is 12.9 Å². The van der Waals surface area contributed by atoms with Crippen LogP contribution >= 0.6 is 23.2 Å². The van der Waals surface area contributed by atoms with E-state index in [2.05, 4.69) is 37.9 Å². The lowest BCUT2D eigenvalue weighted by Gasteiger charge is -2.23. The Hall–Kier alpha value is -4.77. The number of benzene rings is 2. The van der Waals surface area contributed by atoms with E-state index in [1.54, 1.807) is 19.2 Å². The monoisotopic (exact) mass is 901 g/mol. The quantitative estimate of drug-likeness (QED) is 0.0699. The number of carbonyl (C=O) groups excluding carboxylic acids is 1. The Morgan fingerprint density at radius 1 is 0.983 bits per heavy atom. The van der Waals surface area contributed by atoms with Crippen molar-refractivity contribution in [1.82, 2.24) is 29.9 Å². The average Bonchev–Trinajstić information content (AvgIpc) is 3.86. The number of sulfone groups is 1. The highest BCUT2D eigenvalue weighted by Crippen LogP contribution is 2.41. The maximum atomic E-state index is 14.6. The van der Waals surface area contributed by atoms with Gasteiger partial charge in [-0.1, -0.05) is 35.2 Å². The van der Waals surface area contributed by atoms with Crippen molar-refractivity contribution in [2.75, 3.05) is 11.0 Å². The molecule has 0 radical (unpaired) electrons. The number of nitrogens with zero attached hydrogens (tertiary/aromatic N) is 5. The van der Waals surface area contributed by atoms with E-state index >= 15 is 0 Å². The van der Waals surface area contributed by atoms with E-state index in [0.717, 1.165) is 12.1 Å². The van der Waals surface area contributed by atoms with Crippen LogP contribution in [0.5, 0.6) is 0 Å². The Bertz CT molecular complexity index is 2760. The van der Waals surface area contributed by atoms with Crippen LogP contribution in [0.15, 0.2) is 42.5 Å². The molecular weight excluding hydrogens is 867 g/mol. The van der Waals surface area contributed by atoms with Crippen LogP contribution < -0.4 is 10.0 Å². The number of halogens is 8. The number of hydrogen-bond acceptors (Lipinski definition) is 7. The first kappa shape index (κ1) is 43.8. The summed E-state index contributed by atoms with van der Waals surface area (Å²) in [6, 6.07) is 7.36. The molecule has 3 heterocycles. The zero-order chi connectivity index (χ0) is 43.4. The van der Waals surface area contributed by atoms with Gasteiger partial charge >= 0.3 is 0 Å². The molecule has 0 bridgehead atoms. The number of fused-ring (bicyclic) bond motifs is 1. The van der Waals surface area contributed by atoms with Crippen molar-refractivity contribution in [2.45, 2.75) is 68.5 Å². The molecule has 59 heavy (non-hydrogen) atoms. The zero-order valence-electron chi connectivity index (χ0n) is 31.6. The van der Waals surface area contributed by atoms with Crippen LogP contribution in [0.4, 0.5) is 32.2 Å². The zero-order valence-corrected chi connectivity index (χ0v) is 34.7. The average molecular weight is 903 g/mol. The molecule has 6 rings (SSSR count). The summed E-state index contributed by atoms with van der Waals surface area (Å²) in [5.74, 6) is 6.33. The van der Waals surface area contributed by atoms with Gasteiger partial charge in [-0.15, -0.1) is 0 Å². The van der Waals surface area contributed by atoms with Gasteiger partial charge < -0.3 is 5.32 Å². The number of aromatic nitrogens is 5. The maximum absolute atomic E-state index is 14.6. The number of aryl methyl sites for hydroxylation is 1. The van der Waals surface area contributed by atoms with Crippen molar-refractivity contribution in [2.24, 2.45) is 7.05 Å². The topological polar surface area (TPSA) is 141 Å². The lowest BCUT2D eigenvalue weighted by Crippen LogP contribution is -2.34. The molecule has 2 N–H and O–H groups in total. The van der Waals surface area contributed by atoms with E-state index < -0.39 is 95.4 Å². The second-order valence-corrected chi connectivity index (χ2v) is 20.3. The molecule has 0 saturated heterocycles. The van der Waals surface area contributed by atoms with Gasteiger partial charge in [0.05, 0.1) is 37.9 Å². The highest BCUT2D eigenvalue weighted by Gasteiger charge is 2.45. The first-order valence-electron chi connectivity index (χ1n) is 17.6. The minimum Gasteiger partial charge on any atom is -0.346 e. The summed E-state index contributed by atoms with van der Waals surface area (Å²) in [6.45, 7) is 1.86. The highest BCUT2D eigenvalue weighted by molar-refractivity contribution is 8.00. The van der Waals surface area contributed by atoms with Gasteiger partial charge in [0.15, 0.2) is 15.7 Å². The molecule has 3 aromatic heterocycles. The van der Waals surface area contributed by atoms with Gasteiger partial charge in [-0.25, -0.2) is 44.0 Å². The summed E-state index contributed by atoms with van der Waals surface area (Å²) in [6.07, 6.45) is -4.79. The SMILES string of the molecule is C=S(C)(=O)Nc1nn(C)c2c(-c3ccc(C#CC(C)(C)S(=O)(=O)C4CC4)nc3[C@H](Cc3cc(F)cc(F)c3)NC(=O)Cn3nc(C(F)F)c(Cl)c3C(F)F)ccc(Cl)c12. The van der Waals surface area contributed by atoms with Gasteiger partial charge in [-0.2, -0.15) is 10.2 Å². The van der Waals surface area contributed by atoms with Gasteiger partial charge in [-0.05, 0) is 80.8 Å². The fourth-order valence-corrected chi connectivity index (χ4v) is 9.36. The summed E-state index contributed by atoms with van der Waals surface area (Å²) in [5.41, 5.74) is -1.34. The Morgan fingerprint density at radius 2 is 1.63 bits per heavy atom. The second-order valence-electron chi connectivity index (χ2n) is 14.5. The summed E-state index contributed by atoms with van der Waals surface area (Å²) in [5, 5.41) is 9.48. The number of rotatable bonds is 13. The smallest absolute Gasteiger partial charge is 0.283 e. The lowest BCUT2D eigenvalue weighted by atomic mass is 9.93. The molecule has 2 atom stereocenters. The summed E-state index contributed by atoms with van der Waals surface area (Å²) in [7, 11) is -4.97. The van der Waals surface area contributed by atoms with Crippen LogP contribution in [0.3, 0.4) is 0 Å². The molecule has 2 aromatic carbocycles. The Labute approximate surface area is 345 Å². The normalized spacial score (nSPS) is 14.9. The number of anilines is 1. The molecule has 1 amide bonds. The fraction of sp³-hybridized carbons (Fsp3) is 0.342. The molecule has 1 unspecified atom stereocenters. The van der Waals surface area contributed by atoms with E-state index in [4.69, 9.17) is 28.2 Å². The Balaban J connectivity index is 1.56. The third-order valence-electron chi connectivity index (χ3n) is 9.32. The highest BCUT2D eigenvalue weighted by atomic mass is 35.5. The molecule has 1 aliphatic carbocycles. The number of alkyl halides is 4. The Kier molecular flexibility index (Phi) is 12.1. The number of nitrogens with one attached hydrogen (secondary N) is 2. The van der Waals surface area contributed by atoms with Crippen LogP contribution in [0.25, 0.3) is 22.0 Å². The summed E-state index contributed by atoms with van der Waals surface area (Å²) >= 11 is 12.5. The number of hydrogen-bond donors (Lipinski definition) is 2. The van der Waals surface area contributed by atoms with Gasteiger partial charge in [0.1, 0.15) is 40.0 Å². The molecule has 5 aromatic rings. The van der Waals surface area contributed by atoms with Crippen LogP contribution in [0.1, 0.15) is 73.9 Å². The molecule has 11 nitrogen and oxygen atoms in total. The predicted octanol–water partition coefficient (Wildman–Crippen LogP) is 7.77. The largest absolute Gasteiger partial charge is 0.346 e. The number of amides is 1. The van der Waals surface area contributed by atoms with Crippen molar-refractivity contribution in [1.29, 1.82) is 0 Å². The molecule has 1 saturated carbocycles. The lowest BCUT2D eigenvalue weighted by molar-refractivity contribution is -0.122. The molecule has 0 spiro atoms. The molecular formula is C38H35Cl2F6N7O4S2. The van der Waals surface area contributed by atoms with Crippen molar-refractivity contribution in [3.8, 4) is 23.0 Å². The summed E-state index contributed by atoms with van der Waals surface area (Å²) < 4.78 is 127. The number of pyridine rings is 1. The van der Waals surface area contributed by atoms with Crippen molar-refractivity contribution in [3.05, 3.63) is 92.5 Å². The third kappa shape index (κ3) is 9.35. The summed E-state index contributed by atoms with van der Waals surface area (Å²) in [4.78, 5) is 18.6. The van der Waals surface area contributed by atoms with Crippen LogP contribution in [-0.4, -0.2) is 65.2 Å². The van der Waals surface area contributed by atoms with Crippen molar-refractivity contribution in [3.63, 3.8) is 0 Å². The predicted molar refractivity (Wildman–Crippen MR) is 215 cm³/mol. The first-order chi connectivity index (χ1) is 27.5. The van der Waals surface area contributed by atoms with E-state index in [1.807, 2.05) is 0 Å². The number of carbonyl (C=O) groups is 1. The Morgan fingerprint density at radius 3 is 2.22 bits per heavy atom. The molecule has 0 aliphatic heterocycles. The van der Waals surface area contributed by atoms with Crippen LogP contribution in [-0.2, 0) is 44.4 Å². The molecule has 21 heteroatoms. The van der Waals surface area contributed by atoms with Gasteiger partial charge in [0, 0.05) is 40.2 Å². The molecule has 1 aliphatic rings. The van der Waals surface area contributed by atoms with E-state index in [1.165, 1.54) is 36.9 Å². The van der Waals surface area contributed by atoms with Crippen LogP contribution in [0, 0.1) is 23.5 Å². The maximum Gasteiger partial charge on any atom is 0.283 e. The molecule has 314 valence electrons. The third-order valence-corrected chi connectivity index (χ3v) is 13.5. The molecule has 1 fully saturated rings. The van der Waals surface area contributed by atoms with Crippen molar-refractivity contribution < 1.29 is 43.8 Å². The van der Waals surface area contributed by atoms with E-state index in [0.29, 0.717) is 40.1 Å². The minimum atomic E-state index is -3.67. The second kappa shape index (κ2) is 16.4. The van der Waals surface area contributed by atoms with Gasteiger partial charge in [-0.3, -0.25) is 18.9 Å². The van der Waals surface area contributed by atoms with Gasteiger partial charge in [0.2, 0.25) is 5.91 Å². The first-order valence-corrected chi connectivity index (χ1v) is 22.0. The van der Waals surface area contributed by atoms with E-state index in [9.17, 15) is 43.8 Å². The fourth-order valence-electron chi connectivity index (χ4n) is 6.49. The van der Waals surface area contributed by atoms with Crippen LogP contribution in [0.2, 0.25) is 10.0 Å². The van der Waals surface area contributed by atoms with Crippen molar-refractivity contribution >= 4 is 71.2 Å². The minimum absolute atomic E-state index is 0.00510. The van der Waals surface area contributed by atoms with E-state index in [-0.39, 0.29) is 33.4 Å².